The number of carbonyl (C=O) groups excluding carboxylic acids is 1. The highest BCUT2D eigenvalue weighted by Crippen LogP contribution is 2.29. The molecule has 3 rings (SSSR count). The zero-order valence-electron chi connectivity index (χ0n) is 13.7. The highest BCUT2D eigenvalue weighted by molar-refractivity contribution is 5.94. The predicted octanol–water partition coefficient (Wildman–Crippen LogP) is 2.87. The Kier molecular flexibility index (Phi) is 5.28. The monoisotopic (exact) mass is 325 g/mol. The van der Waals surface area contributed by atoms with Gasteiger partial charge in [-0.25, -0.2) is 0 Å². The van der Waals surface area contributed by atoms with Gasteiger partial charge in [-0.05, 0) is 36.1 Å². The molecule has 1 aliphatic rings. The zero-order chi connectivity index (χ0) is 16.8. The van der Waals surface area contributed by atoms with Crippen LogP contribution in [0.3, 0.4) is 0 Å². The Bertz CT molecular complexity index is 661. The first-order valence-corrected chi connectivity index (χ1v) is 8.35. The number of aliphatic hydroxyl groups excluding tert-OH is 1. The molecule has 2 N–H and O–H groups in total. The number of rotatable bonds is 5. The lowest BCUT2D eigenvalue weighted by Gasteiger charge is -2.35. The topological polar surface area (TPSA) is 58.6 Å². The average Bonchev–Trinajstić information content (AvgIpc) is 2.68. The summed E-state index contributed by atoms with van der Waals surface area (Å²) >= 11 is 0. The van der Waals surface area contributed by atoms with Crippen LogP contribution in [0.2, 0.25) is 0 Å². The second kappa shape index (κ2) is 7.60. The third-order valence-electron chi connectivity index (χ3n) is 4.77. The molecule has 126 valence electrons. The van der Waals surface area contributed by atoms with Crippen molar-refractivity contribution in [3.05, 3.63) is 60.2 Å². The fourth-order valence-electron chi connectivity index (χ4n) is 3.01. The summed E-state index contributed by atoms with van der Waals surface area (Å²) in [6, 6.07) is 17.7. The lowest BCUT2D eigenvalue weighted by Crippen LogP contribution is -2.43. The maximum atomic E-state index is 12.4. The van der Waals surface area contributed by atoms with E-state index < -0.39 is 0 Å². The minimum atomic E-state index is -0.252. The van der Waals surface area contributed by atoms with Gasteiger partial charge in [0.1, 0.15) is 0 Å². The molecule has 0 aromatic heterocycles. The number of amides is 1. The molecule has 1 amide bonds. The van der Waals surface area contributed by atoms with Gasteiger partial charge < -0.3 is 15.2 Å². The van der Waals surface area contributed by atoms with Gasteiger partial charge in [0.25, 0.3) is 5.91 Å². The van der Waals surface area contributed by atoms with E-state index in [9.17, 15) is 9.90 Å². The van der Waals surface area contributed by atoms with Crippen LogP contribution in [-0.2, 0) is 4.74 Å². The van der Waals surface area contributed by atoms with Gasteiger partial charge in [-0.3, -0.25) is 4.79 Å². The molecule has 0 aliphatic carbocycles. The lowest BCUT2D eigenvalue weighted by atomic mass is 9.81. The van der Waals surface area contributed by atoms with Gasteiger partial charge in [0.05, 0.1) is 6.61 Å². The first kappa shape index (κ1) is 16.7. The van der Waals surface area contributed by atoms with Crippen molar-refractivity contribution in [1.82, 2.24) is 5.32 Å². The fourth-order valence-corrected chi connectivity index (χ4v) is 3.01. The van der Waals surface area contributed by atoms with Gasteiger partial charge in [-0.2, -0.15) is 0 Å². The minimum Gasteiger partial charge on any atom is -0.396 e. The second-order valence-electron chi connectivity index (χ2n) is 6.40. The van der Waals surface area contributed by atoms with Crippen LogP contribution in [0.1, 0.15) is 23.2 Å². The fraction of sp³-hybridized carbons (Fsp3) is 0.350. The molecule has 0 saturated carbocycles. The van der Waals surface area contributed by atoms with Crippen molar-refractivity contribution in [1.29, 1.82) is 0 Å². The SMILES string of the molecule is O=C(NCC1(CO)CCOCC1)c1ccc(-c2ccccc2)cc1. The van der Waals surface area contributed by atoms with Crippen LogP contribution in [0.4, 0.5) is 0 Å². The molecule has 1 heterocycles. The van der Waals surface area contributed by atoms with Crippen molar-refractivity contribution >= 4 is 5.91 Å². The van der Waals surface area contributed by atoms with E-state index >= 15 is 0 Å². The number of hydrogen-bond donors (Lipinski definition) is 2. The van der Waals surface area contributed by atoms with Crippen LogP contribution >= 0.6 is 0 Å². The Morgan fingerprint density at radius 3 is 2.25 bits per heavy atom. The van der Waals surface area contributed by atoms with Crippen LogP contribution < -0.4 is 5.32 Å². The van der Waals surface area contributed by atoms with E-state index in [1.54, 1.807) is 0 Å². The largest absolute Gasteiger partial charge is 0.396 e. The minimum absolute atomic E-state index is 0.0730. The molecule has 0 radical (unpaired) electrons. The van der Waals surface area contributed by atoms with Crippen molar-refractivity contribution in [2.45, 2.75) is 12.8 Å². The van der Waals surface area contributed by atoms with E-state index in [0.717, 1.165) is 24.0 Å². The number of benzene rings is 2. The Morgan fingerprint density at radius 2 is 1.62 bits per heavy atom. The molecule has 1 aliphatic heterocycles. The highest BCUT2D eigenvalue weighted by atomic mass is 16.5. The summed E-state index contributed by atoms with van der Waals surface area (Å²) in [7, 11) is 0. The number of ether oxygens (including phenoxy) is 1. The summed E-state index contributed by atoms with van der Waals surface area (Å²) in [5.74, 6) is -0.103. The third-order valence-corrected chi connectivity index (χ3v) is 4.77. The second-order valence-corrected chi connectivity index (χ2v) is 6.40. The maximum absolute atomic E-state index is 12.4. The molecule has 0 spiro atoms. The summed E-state index contributed by atoms with van der Waals surface area (Å²) in [6.07, 6.45) is 1.55. The van der Waals surface area contributed by atoms with Gasteiger partial charge in [0.2, 0.25) is 0 Å². The molecule has 0 atom stereocenters. The van der Waals surface area contributed by atoms with E-state index in [1.165, 1.54) is 0 Å². The quantitative estimate of drug-likeness (QED) is 0.889. The van der Waals surface area contributed by atoms with E-state index in [1.807, 2.05) is 54.6 Å². The molecule has 2 aromatic carbocycles. The molecule has 4 heteroatoms. The molecular formula is C20H23NO3. The van der Waals surface area contributed by atoms with Crippen LogP contribution in [0.5, 0.6) is 0 Å². The highest BCUT2D eigenvalue weighted by Gasteiger charge is 2.32. The first-order valence-electron chi connectivity index (χ1n) is 8.35. The van der Waals surface area contributed by atoms with E-state index in [0.29, 0.717) is 25.3 Å². The first-order chi connectivity index (χ1) is 11.7. The summed E-state index contributed by atoms with van der Waals surface area (Å²) in [5, 5.41) is 12.6. The molecule has 1 fully saturated rings. The van der Waals surface area contributed by atoms with Gasteiger partial charge >= 0.3 is 0 Å². The van der Waals surface area contributed by atoms with E-state index in [-0.39, 0.29) is 17.9 Å². The Hall–Kier alpha value is -2.17. The molecule has 0 bridgehead atoms. The molecule has 24 heavy (non-hydrogen) atoms. The standard InChI is InChI=1S/C20H23NO3/c22-15-20(10-12-24-13-11-20)14-21-19(23)18-8-6-17(7-9-18)16-4-2-1-3-5-16/h1-9,22H,10-15H2,(H,21,23). The normalized spacial score (nSPS) is 16.5. The smallest absolute Gasteiger partial charge is 0.251 e. The molecule has 2 aromatic rings. The molecule has 1 saturated heterocycles. The molecule has 0 unspecified atom stereocenters. The van der Waals surface area contributed by atoms with Gasteiger partial charge in [-0.1, -0.05) is 42.5 Å². The number of hydrogen-bond acceptors (Lipinski definition) is 3. The van der Waals surface area contributed by atoms with Crippen molar-refractivity contribution in [3.63, 3.8) is 0 Å². The lowest BCUT2D eigenvalue weighted by molar-refractivity contribution is -0.0146. The van der Waals surface area contributed by atoms with Crippen molar-refractivity contribution in [2.75, 3.05) is 26.4 Å². The number of nitrogens with one attached hydrogen (secondary N) is 1. The van der Waals surface area contributed by atoms with Crippen LogP contribution in [-0.4, -0.2) is 37.4 Å². The van der Waals surface area contributed by atoms with E-state index in [4.69, 9.17) is 4.74 Å². The van der Waals surface area contributed by atoms with Crippen LogP contribution in [0, 0.1) is 5.41 Å². The summed E-state index contributed by atoms with van der Waals surface area (Å²) in [5.41, 5.74) is 2.60. The van der Waals surface area contributed by atoms with Crippen molar-refractivity contribution < 1.29 is 14.6 Å². The summed E-state index contributed by atoms with van der Waals surface area (Å²) < 4.78 is 5.35. The Morgan fingerprint density at radius 1 is 1.00 bits per heavy atom. The summed E-state index contributed by atoms with van der Waals surface area (Å²) in [6.45, 7) is 1.83. The van der Waals surface area contributed by atoms with Crippen molar-refractivity contribution in [2.24, 2.45) is 5.41 Å². The Labute approximate surface area is 142 Å². The van der Waals surface area contributed by atoms with Gasteiger partial charge in [0.15, 0.2) is 0 Å². The molecule has 4 nitrogen and oxygen atoms in total. The number of carbonyl (C=O) groups is 1. The average molecular weight is 325 g/mol. The van der Waals surface area contributed by atoms with E-state index in [2.05, 4.69) is 5.32 Å². The van der Waals surface area contributed by atoms with Gasteiger partial charge in [0, 0.05) is 30.7 Å². The van der Waals surface area contributed by atoms with Gasteiger partial charge in [-0.15, -0.1) is 0 Å². The summed E-state index contributed by atoms with van der Waals surface area (Å²) in [4.78, 5) is 12.4. The van der Waals surface area contributed by atoms with Crippen LogP contribution in [0.25, 0.3) is 11.1 Å². The van der Waals surface area contributed by atoms with Crippen molar-refractivity contribution in [3.8, 4) is 11.1 Å². The number of aliphatic hydroxyl groups is 1. The Balaban J connectivity index is 1.63. The zero-order valence-corrected chi connectivity index (χ0v) is 13.7. The predicted molar refractivity (Wildman–Crippen MR) is 93.8 cm³/mol. The van der Waals surface area contributed by atoms with Crippen LogP contribution in [0.15, 0.2) is 54.6 Å². The molecular weight excluding hydrogens is 302 g/mol. The maximum Gasteiger partial charge on any atom is 0.251 e. The third kappa shape index (κ3) is 3.83.